The second-order valence-corrected chi connectivity index (χ2v) is 10.8. The van der Waals surface area contributed by atoms with Gasteiger partial charge in [0, 0.05) is 69.8 Å². The van der Waals surface area contributed by atoms with E-state index in [0.29, 0.717) is 5.41 Å². The van der Waals surface area contributed by atoms with E-state index >= 15 is 0 Å². The molecule has 6 heteroatoms. The number of nitrogens with zero attached hydrogens (tertiary/aromatic N) is 3. The predicted molar refractivity (Wildman–Crippen MR) is 135 cm³/mol. The van der Waals surface area contributed by atoms with Crippen molar-refractivity contribution in [2.45, 2.75) is 45.4 Å². The molecule has 2 saturated heterocycles. The van der Waals surface area contributed by atoms with Crippen molar-refractivity contribution >= 4 is 11.6 Å². The second-order valence-electron chi connectivity index (χ2n) is 10.8. The number of carbonyl (C=O) groups excluding carboxylic acids is 1. The van der Waals surface area contributed by atoms with Crippen LogP contribution in [0.4, 0.5) is 5.69 Å². The van der Waals surface area contributed by atoms with Crippen LogP contribution in [0.25, 0.3) is 0 Å². The molecule has 1 aromatic carbocycles. The number of piperidine rings is 1. The lowest BCUT2D eigenvalue weighted by atomic mass is 9.65. The smallest absolute Gasteiger partial charge is 0.253 e. The summed E-state index contributed by atoms with van der Waals surface area (Å²) in [5.41, 5.74) is 3.64. The van der Waals surface area contributed by atoms with E-state index in [9.17, 15) is 4.79 Å². The Bertz CT molecular complexity index is 844. The number of anilines is 1. The van der Waals surface area contributed by atoms with Gasteiger partial charge in [0.1, 0.15) is 0 Å². The molecule has 2 N–H and O–H groups in total. The molecule has 5 rings (SSSR count). The molecule has 1 amide bonds. The van der Waals surface area contributed by atoms with Crippen molar-refractivity contribution in [1.29, 1.82) is 0 Å². The SMILES string of the molecule is Cc1ccc(C(=O)N2CCC3(CCC(CN4CCNCC4)CC3)CC2)cc1N1C=CCNC1. The normalized spacial score (nSPS) is 24.4. The zero-order valence-electron chi connectivity index (χ0n) is 20.3. The largest absolute Gasteiger partial charge is 0.339 e. The predicted octanol–water partition coefficient (Wildman–Crippen LogP) is 3.19. The highest BCUT2D eigenvalue weighted by atomic mass is 16.2. The molecule has 0 atom stereocenters. The van der Waals surface area contributed by atoms with Crippen molar-refractivity contribution in [1.82, 2.24) is 20.4 Å². The van der Waals surface area contributed by atoms with E-state index in [1.165, 1.54) is 63.7 Å². The van der Waals surface area contributed by atoms with Gasteiger partial charge in [0.15, 0.2) is 0 Å². The molecule has 1 aromatic rings. The summed E-state index contributed by atoms with van der Waals surface area (Å²) in [6.07, 6.45) is 12.1. The number of rotatable bonds is 4. The lowest BCUT2D eigenvalue weighted by Crippen LogP contribution is -2.47. The Morgan fingerprint density at radius 2 is 1.79 bits per heavy atom. The third-order valence-corrected chi connectivity index (χ3v) is 8.60. The van der Waals surface area contributed by atoms with E-state index in [1.807, 2.05) is 6.07 Å². The third-order valence-electron chi connectivity index (χ3n) is 8.60. The molecule has 6 nitrogen and oxygen atoms in total. The molecular weight excluding hydrogens is 410 g/mol. The number of benzene rings is 1. The average Bonchev–Trinajstić information content (AvgIpc) is 2.87. The minimum atomic E-state index is 0.201. The molecule has 1 spiro atoms. The quantitative estimate of drug-likeness (QED) is 0.736. The fraction of sp³-hybridized carbons (Fsp3) is 0.667. The van der Waals surface area contributed by atoms with Gasteiger partial charge in [-0.1, -0.05) is 12.1 Å². The van der Waals surface area contributed by atoms with Gasteiger partial charge in [-0.25, -0.2) is 0 Å². The average molecular weight is 452 g/mol. The Morgan fingerprint density at radius 1 is 1.03 bits per heavy atom. The number of aryl methyl sites for hydroxylation is 1. The van der Waals surface area contributed by atoms with E-state index in [-0.39, 0.29) is 5.91 Å². The van der Waals surface area contributed by atoms with E-state index in [4.69, 9.17) is 0 Å². The van der Waals surface area contributed by atoms with E-state index < -0.39 is 0 Å². The Kier molecular flexibility index (Phi) is 7.05. The molecule has 3 aliphatic heterocycles. The first-order valence-electron chi connectivity index (χ1n) is 13.1. The molecular formula is C27H41N5O. The van der Waals surface area contributed by atoms with E-state index in [2.05, 4.69) is 56.7 Å². The van der Waals surface area contributed by atoms with Crippen molar-refractivity contribution in [3.05, 3.63) is 41.6 Å². The molecule has 0 unspecified atom stereocenters. The number of carbonyl (C=O) groups is 1. The van der Waals surface area contributed by atoms with Gasteiger partial charge in [0.25, 0.3) is 5.91 Å². The van der Waals surface area contributed by atoms with Crippen molar-refractivity contribution in [2.24, 2.45) is 11.3 Å². The monoisotopic (exact) mass is 451 g/mol. The molecule has 1 saturated carbocycles. The van der Waals surface area contributed by atoms with Crippen LogP contribution in [0.2, 0.25) is 0 Å². The highest BCUT2D eigenvalue weighted by molar-refractivity contribution is 5.95. The maximum atomic E-state index is 13.4. The molecule has 3 fully saturated rings. The molecule has 4 aliphatic rings. The molecule has 0 aromatic heterocycles. The Morgan fingerprint density at radius 3 is 2.48 bits per heavy atom. The number of likely N-dealkylation sites (tertiary alicyclic amines) is 1. The molecule has 180 valence electrons. The maximum Gasteiger partial charge on any atom is 0.253 e. The van der Waals surface area contributed by atoms with Crippen LogP contribution >= 0.6 is 0 Å². The molecule has 33 heavy (non-hydrogen) atoms. The summed E-state index contributed by atoms with van der Waals surface area (Å²) in [6, 6.07) is 6.19. The lowest BCUT2D eigenvalue weighted by Gasteiger charge is -2.46. The number of amides is 1. The van der Waals surface area contributed by atoms with E-state index in [1.54, 1.807) is 0 Å². The van der Waals surface area contributed by atoms with Gasteiger partial charge in [-0.2, -0.15) is 0 Å². The fourth-order valence-corrected chi connectivity index (χ4v) is 6.32. The van der Waals surface area contributed by atoms with Gasteiger partial charge < -0.3 is 20.0 Å². The first kappa shape index (κ1) is 22.9. The van der Waals surface area contributed by atoms with Crippen LogP contribution in [0.5, 0.6) is 0 Å². The van der Waals surface area contributed by atoms with Crippen molar-refractivity contribution in [2.75, 3.05) is 63.9 Å². The van der Waals surface area contributed by atoms with Gasteiger partial charge in [0.05, 0.1) is 6.67 Å². The van der Waals surface area contributed by atoms with Crippen LogP contribution in [-0.2, 0) is 0 Å². The Labute approximate surface area is 199 Å². The summed E-state index contributed by atoms with van der Waals surface area (Å²) < 4.78 is 0. The first-order chi connectivity index (χ1) is 16.1. The first-order valence-corrected chi connectivity index (χ1v) is 13.1. The fourth-order valence-electron chi connectivity index (χ4n) is 6.32. The van der Waals surface area contributed by atoms with Crippen molar-refractivity contribution < 1.29 is 4.79 Å². The minimum Gasteiger partial charge on any atom is -0.339 e. The van der Waals surface area contributed by atoms with Crippen LogP contribution in [-0.4, -0.2) is 74.7 Å². The molecule has 0 radical (unpaired) electrons. The molecule has 3 heterocycles. The Balaban J connectivity index is 1.15. The number of hydrogen-bond donors (Lipinski definition) is 2. The Hall–Kier alpha value is -1.89. The zero-order valence-corrected chi connectivity index (χ0v) is 20.3. The van der Waals surface area contributed by atoms with Crippen LogP contribution < -0.4 is 15.5 Å². The van der Waals surface area contributed by atoms with Gasteiger partial charge >= 0.3 is 0 Å². The number of hydrogen-bond acceptors (Lipinski definition) is 5. The van der Waals surface area contributed by atoms with Gasteiger partial charge in [0.2, 0.25) is 0 Å². The van der Waals surface area contributed by atoms with Crippen molar-refractivity contribution in [3.63, 3.8) is 0 Å². The molecule has 0 bridgehead atoms. The minimum absolute atomic E-state index is 0.201. The van der Waals surface area contributed by atoms with Crippen LogP contribution in [0, 0.1) is 18.3 Å². The summed E-state index contributed by atoms with van der Waals surface area (Å²) >= 11 is 0. The maximum absolute atomic E-state index is 13.4. The summed E-state index contributed by atoms with van der Waals surface area (Å²) in [4.78, 5) is 20.3. The van der Waals surface area contributed by atoms with Gasteiger partial charge in [-0.3, -0.25) is 10.1 Å². The number of nitrogens with one attached hydrogen (secondary N) is 2. The number of piperazine rings is 1. The lowest BCUT2D eigenvalue weighted by molar-refractivity contribution is 0.0357. The van der Waals surface area contributed by atoms with E-state index in [0.717, 1.165) is 56.6 Å². The summed E-state index contributed by atoms with van der Waals surface area (Å²) in [6.45, 7) is 11.6. The standard InChI is InChI=1S/C27H41N5O/c1-22-3-4-24(19-25(22)32-14-2-11-29-21-32)26(33)31-15-9-27(10-16-31)7-5-23(6-8-27)20-30-17-12-28-13-18-30/h2-4,14,19,23,28-29H,5-13,15-18,20-21H2,1H3. The second kappa shape index (κ2) is 10.2. The van der Waals surface area contributed by atoms with Crippen LogP contribution in [0.15, 0.2) is 30.5 Å². The van der Waals surface area contributed by atoms with Gasteiger partial charge in [-0.15, -0.1) is 0 Å². The zero-order chi connectivity index (χ0) is 22.7. The third kappa shape index (κ3) is 5.28. The summed E-state index contributed by atoms with van der Waals surface area (Å²) in [5.74, 6) is 1.07. The van der Waals surface area contributed by atoms with Crippen molar-refractivity contribution in [3.8, 4) is 0 Å². The highest BCUT2D eigenvalue weighted by Crippen LogP contribution is 2.46. The van der Waals surface area contributed by atoms with Crippen LogP contribution in [0.3, 0.4) is 0 Å². The van der Waals surface area contributed by atoms with Gasteiger partial charge in [-0.05, 0) is 74.5 Å². The topological polar surface area (TPSA) is 50.9 Å². The highest BCUT2D eigenvalue weighted by Gasteiger charge is 2.39. The van der Waals surface area contributed by atoms with Crippen LogP contribution in [0.1, 0.15) is 54.4 Å². The molecule has 1 aliphatic carbocycles. The summed E-state index contributed by atoms with van der Waals surface area (Å²) in [7, 11) is 0. The summed E-state index contributed by atoms with van der Waals surface area (Å²) in [5, 5.41) is 6.83.